The van der Waals surface area contributed by atoms with Crippen molar-refractivity contribution in [2.24, 2.45) is 0 Å². The molecule has 0 aromatic heterocycles. The van der Waals surface area contributed by atoms with Gasteiger partial charge in [-0.2, -0.15) is 0 Å². The molecule has 3 rings (SSSR count). The van der Waals surface area contributed by atoms with E-state index in [1.165, 1.54) is 13.1 Å². The molecule has 138 valence electrons. The van der Waals surface area contributed by atoms with E-state index < -0.39 is 17.8 Å². The molecule has 1 aliphatic heterocycles. The Morgan fingerprint density at radius 1 is 1.15 bits per heavy atom. The summed E-state index contributed by atoms with van der Waals surface area (Å²) in [7, 11) is 1.31. The highest BCUT2D eigenvalue weighted by molar-refractivity contribution is 14.1. The van der Waals surface area contributed by atoms with Gasteiger partial charge in [0.25, 0.3) is 11.8 Å². The van der Waals surface area contributed by atoms with E-state index in [0.717, 1.165) is 14.0 Å². The summed E-state index contributed by atoms with van der Waals surface area (Å²) in [5.74, 6) is -0.709. The Morgan fingerprint density at radius 2 is 1.85 bits per heavy atom. The smallest absolute Gasteiger partial charge is 0.331 e. The summed E-state index contributed by atoms with van der Waals surface area (Å²) < 4.78 is 7.66. The molecular formula is C19H14BrIN2O4. The number of nitrogens with one attached hydrogen (secondary N) is 1. The molecule has 6 nitrogen and oxygen atoms in total. The topological polar surface area (TPSA) is 75.7 Å². The third kappa shape index (κ3) is 4.56. The van der Waals surface area contributed by atoms with Crippen molar-refractivity contribution in [1.82, 2.24) is 10.2 Å². The van der Waals surface area contributed by atoms with E-state index in [0.29, 0.717) is 22.4 Å². The number of imide groups is 2. The Balaban J connectivity index is 1.76. The molecule has 1 N–H and O–H groups in total. The number of barbiturate groups is 1. The fourth-order valence-corrected chi connectivity index (χ4v) is 3.25. The summed E-state index contributed by atoms with van der Waals surface area (Å²) in [6, 6.07) is 12.5. The van der Waals surface area contributed by atoms with Crippen molar-refractivity contribution < 1.29 is 19.1 Å². The predicted molar refractivity (Wildman–Crippen MR) is 112 cm³/mol. The molecule has 1 heterocycles. The van der Waals surface area contributed by atoms with E-state index in [1.54, 1.807) is 18.2 Å². The number of urea groups is 1. The molecule has 2 aromatic rings. The lowest BCUT2D eigenvalue weighted by atomic mass is 10.1. The van der Waals surface area contributed by atoms with Crippen LogP contribution in [0.3, 0.4) is 0 Å². The van der Waals surface area contributed by atoms with Crippen LogP contribution >= 0.6 is 38.5 Å². The average Bonchev–Trinajstić information content (AvgIpc) is 2.64. The maximum absolute atomic E-state index is 12.1. The van der Waals surface area contributed by atoms with Crippen LogP contribution in [-0.2, 0) is 16.2 Å². The maximum Gasteiger partial charge on any atom is 0.331 e. The summed E-state index contributed by atoms with van der Waals surface area (Å²) in [5.41, 5.74) is 1.58. The largest absolute Gasteiger partial charge is 0.488 e. The minimum absolute atomic E-state index is 0.100. The Hall–Kier alpha value is -2.20. The number of hydrogen-bond acceptors (Lipinski definition) is 4. The van der Waals surface area contributed by atoms with E-state index in [2.05, 4.69) is 43.8 Å². The lowest BCUT2D eigenvalue weighted by Gasteiger charge is -2.22. The Morgan fingerprint density at radius 3 is 2.52 bits per heavy atom. The molecule has 0 unspecified atom stereocenters. The van der Waals surface area contributed by atoms with Crippen LogP contribution in [-0.4, -0.2) is 29.8 Å². The van der Waals surface area contributed by atoms with Gasteiger partial charge in [-0.25, -0.2) is 4.79 Å². The molecule has 1 aliphatic rings. The number of amides is 4. The van der Waals surface area contributed by atoms with Crippen LogP contribution in [0, 0.1) is 3.57 Å². The second-order valence-electron chi connectivity index (χ2n) is 5.79. The van der Waals surface area contributed by atoms with Gasteiger partial charge in [0.05, 0.1) is 4.47 Å². The van der Waals surface area contributed by atoms with Crippen molar-refractivity contribution in [1.29, 1.82) is 0 Å². The molecule has 0 spiro atoms. The third-order valence-corrected chi connectivity index (χ3v) is 5.22. The van der Waals surface area contributed by atoms with Crippen LogP contribution in [0.2, 0.25) is 0 Å². The normalized spacial score (nSPS) is 15.9. The van der Waals surface area contributed by atoms with Crippen LogP contribution in [0.15, 0.2) is 52.5 Å². The lowest BCUT2D eigenvalue weighted by molar-refractivity contribution is -0.129. The fraction of sp³-hybridized carbons (Fsp3) is 0.105. The number of ether oxygens (including phenoxy) is 1. The highest BCUT2D eigenvalue weighted by atomic mass is 127. The summed E-state index contributed by atoms with van der Waals surface area (Å²) >= 11 is 5.69. The molecule has 27 heavy (non-hydrogen) atoms. The van der Waals surface area contributed by atoms with Crippen molar-refractivity contribution >= 4 is 62.4 Å². The lowest BCUT2D eigenvalue weighted by Crippen LogP contribution is -2.52. The summed E-state index contributed by atoms with van der Waals surface area (Å²) in [5, 5.41) is 2.12. The summed E-state index contributed by atoms with van der Waals surface area (Å²) in [6.07, 6.45) is 1.44. The molecule has 2 aromatic carbocycles. The van der Waals surface area contributed by atoms with Gasteiger partial charge in [-0.1, -0.05) is 18.2 Å². The third-order valence-electron chi connectivity index (χ3n) is 3.88. The van der Waals surface area contributed by atoms with Crippen molar-refractivity contribution in [3.05, 3.63) is 67.2 Å². The van der Waals surface area contributed by atoms with E-state index >= 15 is 0 Å². The zero-order chi connectivity index (χ0) is 19.6. The number of benzene rings is 2. The number of likely N-dealkylation sites (N-methyl/N-ethyl adjacent to an activating group) is 1. The maximum atomic E-state index is 12.1. The quantitative estimate of drug-likeness (QED) is 0.364. The number of halogens is 2. The van der Waals surface area contributed by atoms with Crippen LogP contribution in [0.1, 0.15) is 11.1 Å². The van der Waals surface area contributed by atoms with E-state index in [9.17, 15) is 14.4 Å². The van der Waals surface area contributed by atoms with Gasteiger partial charge in [0.1, 0.15) is 17.9 Å². The first kappa shape index (κ1) is 19.6. The monoisotopic (exact) mass is 540 g/mol. The summed E-state index contributed by atoms with van der Waals surface area (Å²) in [4.78, 5) is 36.3. The van der Waals surface area contributed by atoms with Crippen LogP contribution < -0.4 is 10.1 Å². The van der Waals surface area contributed by atoms with Crippen molar-refractivity contribution in [3.8, 4) is 5.75 Å². The molecule has 0 saturated carbocycles. The highest BCUT2D eigenvalue weighted by Crippen LogP contribution is 2.28. The summed E-state index contributed by atoms with van der Waals surface area (Å²) in [6.45, 7) is 0.420. The van der Waals surface area contributed by atoms with Gasteiger partial charge < -0.3 is 4.74 Å². The standard InChI is InChI=1S/C19H14BrIN2O4/c1-23-18(25)14(17(24)22-19(23)26)8-12-4-7-16(15(20)9-12)27-10-11-2-5-13(21)6-3-11/h2-9H,10H2,1H3,(H,22,24,26)/b14-8+. The van der Waals surface area contributed by atoms with Crippen molar-refractivity contribution in [2.75, 3.05) is 7.05 Å². The average molecular weight is 541 g/mol. The molecule has 1 fully saturated rings. The van der Waals surface area contributed by atoms with Crippen molar-refractivity contribution in [2.45, 2.75) is 6.61 Å². The SMILES string of the molecule is CN1C(=O)NC(=O)/C(=C\c2ccc(OCc3ccc(I)cc3)c(Br)c2)C1=O. The number of nitrogens with zero attached hydrogens (tertiary/aromatic N) is 1. The van der Waals surface area contributed by atoms with Gasteiger partial charge in [0.15, 0.2) is 0 Å². The van der Waals surface area contributed by atoms with Crippen LogP contribution in [0.25, 0.3) is 6.08 Å². The molecule has 4 amide bonds. The number of rotatable bonds is 4. The minimum Gasteiger partial charge on any atom is -0.488 e. The zero-order valence-corrected chi connectivity index (χ0v) is 17.9. The first-order valence-electron chi connectivity index (χ1n) is 7.87. The highest BCUT2D eigenvalue weighted by Gasteiger charge is 2.32. The number of carbonyl (C=O) groups is 3. The molecular weight excluding hydrogens is 527 g/mol. The minimum atomic E-state index is -0.734. The van der Waals surface area contributed by atoms with E-state index in [-0.39, 0.29) is 5.57 Å². The van der Waals surface area contributed by atoms with E-state index in [4.69, 9.17) is 4.74 Å². The van der Waals surface area contributed by atoms with E-state index in [1.807, 2.05) is 24.3 Å². The van der Waals surface area contributed by atoms with Gasteiger partial charge in [-0.05, 0) is 80.0 Å². The first-order chi connectivity index (χ1) is 12.8. The Bertz CT molecular complexity index is 957. The van der Waals surface area contributed by atoms with Gasteiger partial charge in [-0.3, -0.25) is 19.8 Å². The molecule has 0 atom stereocenters. The fourth-order valence-electron chi connectivity index (χ4n) is 2.38. The van der Waals surface area contributed by atoms with Gasteiger partial charge >= 0.3 is 6.03 Å². The predicted octanol–water partition coefficient (Wildman–Crippen LogP) is 3.72. The zero-order valence-electron chi connectivity index (χ0n) is 14.2. The second-order valence-corrected chi connectivity index (χ2v) is 7.89. The van der Waals surface area contributed by atoms with Gasteiger partial charge in [0, 0.05) is 10.6 Å². The van der Waals surface area contributed by atoms with Crippen molar-refractivity contribution in [3.63, 3.8) is 0 Å². The Labute approximate surface area is 177 Å². The Kier molecular flexibility index (Phi) is 5.95. The molecule has 0 bridgehead atoms. The number of hydrogen-bond donors (Lipinski definition) is 1. The molecule has 0 aliphatic carbocycles. The molecule has 0 radical (unpaired) electrons. The molecule has 1 saturated heterocycles. The van der Waals surface area contributed by atoms with Gasteiger partial charge in [-0.15, -0.1) is 0 Å². The number of carbonyl (C=O) groups excluding carboxylic acids is 3. The molecule has 8 heteroatoms. The van der Waals surface area contributed by atoms with Crippen LogP contribution in [0.4, 0.5) is 4.79 Å². The van der Waals surface area contributed by atoms with Crippen LogP contribution in [0.5, 0.6) is 5.75 Å². The van der Waals surface area contributed by atoms with Gasteiger partial charge in [0.2, 0.25) is 0 Å². The first-order valence-corrected chi connectivity index (χ1v) is 9.74. The second kappa shape index (κ2) is 8.22.